The Morgan fingerprint density at radius 2 is 2.07 bits per heavy atom. The summed E-state index contributed by atoms with van der Waals surface area (Å²) in [5, 5.41) is 18.8. The maximum Gasteiger partial charge on any atom is 0.129 e. The summed E-state index contributed by atoms with van der Waals surface area (Å²) in [5.74, 6) is -0.410. The van der Waals surface area contributed by atoms with Crippen molar-refractivity contribution in [3.8, 4) is 0 Å². The number of halogens is 1. The molecule has 0 spiro atoms. The molecule has 2 unspecified atom stereocenters. The third-order valence-corrected chi connectivity index (χ3v) is 2.40. The Labute approximate surface area is 87.8 Å². The summed E-state index contributed by atoms with van der Waals surface area (Å²) in [6, 6.07) is 4.48. The van der Waals surface area contributed by atoms with E-state index in [1.54, 1.807) is 13.0 Å². The molecule has 0 aliphatic heterocycles. The zero-order chi connectivity index (χ0) is 10.7. The number of hydrogen-bond acceptors (Lipinski definition) is 3. The normalized spacial score (nSPS) is 15.2. The first-order valence-corrected chi connectivity index (χ1v) is 4.92. The van der Waals surface area contributed by atoms with Gasteiger partial charge in [0.25, 0.3) is 0 Å². The van der Waals surface area contributed by atoms with Crippen LogP contribution in [-0.2, 0) is 0 Å². The Morgan fingerprint density at radius 3 is 2.57 bits per heavy atom. The first-order chi connectivity index (χ1) is 6.56. The monoisotopic (exact) mass is 216 g/mol. The molecule has 0 fully saturated rings. The van der Waals surface area contributed by atoms with Gasteiger partial charge in [0.2, 0.25) is 0 Å². The fraction of sp³-hybridized carbons (Fsp3) is 0.400. The van der Waals surface area contributed by atoms with Gasteiger partial charge in [-0.1, -0.05) is 12.1 Å². The third kappa shape index (κ3) is 2.47. The number of aliphatic hydroxyl groups is 2. The number of benzene rings is 1. The van der Waals surface area contributed by atoms with E-state index in [0.29, 0.717) is 0 Å². The second-order valence-corrected chi connectivity index (χ2v) is 3.58. The Kier molecular flexibility index (Phi) is 3.92. The predicted octanol–water partition coefficient (Wildman–Crippen LogP) is 1.46. The Bertz CT molecular complexity index is 317. The van der Waals surface area contributed by atoms with E-state index < -0.39 is 18.0 Å². The van der Waals surface area contributed by atoms with Gasteiger partial charge in [-0.2, -0.15) is 12.6 Å². The van der Waals surface area contributed by atoms with Gasteiger partial charge < -0.3 is 10.2 Å². The molecule has 1 aromatic rings. The van der Waals surface area contributed by atoms with Crippen LogP contribution in [0.25, 0.3) is 0 Å². The first kappa shape index (κ1) is 11.5. The van der Waals surface area contributed by atoms with Gasteiger partial charge in [-0.25, -0.2) is 4.39 Å². The van der Waals surface area contributed by atoms with Crippen molar-refractivity contribution in [2.24, 2.45) is 0 Å². The molecule has 14 heavy (non-hydrogen) atoms. The van der Waals surface area contributed by atoms with Crippen LogP contribution in [0.5, 0.6) is 0 Å². The molecule has 1 aromatic carbocycles. The zero-order valence-corrected chi connectivity index (χ0v) is 8.71. The average molecular weight is 216 g/mol. The SMILES string of the molecule is Cc1ccc(C(O)C(O)CS)c(F)c1. The third-order valence-electron chi connectivity index (χ3n) is 2.03. The van der Waals surface area contributed by atoms with E-state index in [1.165, 1.54) is 12.1 Å². The molecule has 0 saturated heterocycles. The molecule has 0 amide bonds. The molecule has 2 N–H and O–H groups in total. The highest BCUT2D eigenvalue weighted by molar-refractivity contribution is 7.80. The summed E-state index contributed by atoms with van der Waals surface area (Å²) >= 11 is 3.83. The highest BCUT2D eigenvalue weighted by Crippen LogP contribution is 2.21. The Balaban J connectivity index is 2.95. The molecular weight excluding hydrogens is 203 g/mol. The van der Waals surface area contributed by atoms with Crippen molar-refractivity contribution in [2.45, 2.75) is 19.1 Å². The number of aliphatic hydroxyl groups excluding tert-OH is 2. The van der Waals surface area contributed by atoms with Crippen LogP contribution in [0.2, 0.25) is 0 Å². The lowest BCUT2D eigenvalue weighted by molar-refractivity contribution is 0.0315. The van der Waals surface area contributed by atoms with E-state index in [4.69, 9.17) is 0 Å². The fourth-order valence-corrected chi connectivity index (χ4v) is 1.38. The van der Waals surface area contributed by atoms with Crippen LogP contribution in [0.15, 0.2) is 18.2 Å². The lowest BCUT2D eigenvalue weighted by atomic mass is 10.0. The van der Waals surface area contributed by atoms with Gasteiger partial charge in [0.1, 0.15) is 11.9 Å². The van der Waals surface area contributed by atoms with Gasteiger partial charge in [-0.3, -0.25) is 0 Å². The van der Waals surface area contributed by atoms with Crippen LogP contribution in [0.3, 0.4) is 0 Å². The molecule has 4 heteroatoms. The largest absolute Gasteiger partial charge is 0.389 e. The lowest BCUT2D eigenvalue weighted by Crippen LogP contribution is -2.20. The molecule has 2 nitrogen and oxygen atoms in total. The molecule has 2 atom stereocenters. The van der Waals surface area contributed by atoms with Gasteiger partial charge >= 0.3 is 0 Å². The minimum atomic E-state index is -1.21. The van der Waals surface area contributed by atoms with Crippen molar-refractivity contribution in [1.82, 2.24) is 0 Å². The highest BCUT2D eigenvalue weighted by Gasteiger charge is 2.19. The molecule has 0 radical (unpaired) electrons. The molecule has 1 rings (SSSR count). The zero-order valence-electron chi connectivity index (χ0n) is 7.81. The summed E-state index contributed by atoms with van der Waals surface area (Å²) in [6.45, 7) is 1.76. The molecule has 0 saturated carbocycles. The van der Waals surface area contributed by atoms with Crippen molar-refractivity contribution >= 4 is 12.6 Å². The molecular formula is C10H13FO2S. The number of hydrogen-bond donors (Lipinski definition) is 3. The van der Waals surface area contributed by atoms with E-state index in [0.717, 1.165) is 5.56 Å². The quantitative estimate of drug-likeness (QED) is 0.669. The van der Waals surface area contributed by atoms with E-state index in [-0.39, 0.29) is 11.3 Å². The van der Waals surface area contributed by atoms with E-state index in [2.05, 4.69) is 12.6 Å². The average Bonchev–Trinajstić information content (AvgIpc) is 2.15. The molecule has 0 aliphatic carbocycles. The Morgan fingerprint density at radius 1 is 1.43 bits per heavy atom. The minimum absolute atomic E-state index is 0.0917. The van der Waals surface area contributed by atoms with Crippen molar-refractivity contribution in [1.29, 1.82) is 0 Å². The van der Waals surface area contributed by atoms with Crippen molar-refractivity contribution in [2.75, 3.05) is 5.75 Å². The number of rotatable bonds is 3. The summed E-state index contributed by atoms with van der Waals surface area (Å²) in [5.41, 5.74) is 0.885. The van der Waals surface area contributed by atoms with E-state index in [9.17, 15) is 14.6 Å². The lowest BCUT2D eigenvalue weighted by Gasteiger charge is -2.16. The van der Waals surface area contributed by atoms with Gasteiger partial charge in [-0.05, 0) is 18.6 Å². The van der Waals surface area contributed by atoms with Crippen LogP contribution in [0.4, 0.5) is 4.39 Å². The molecule has 0 bridgehead atoms. The van der Waals surface area contributed by atoms with Gasteiger partial charge in [0.15, 0.2) is 0 Å². The molecule has 0 aliphatic rings. The molecule has 78 valence electrons. The van der Waals surface area contributed by atoms with Crippen molar-refractivity contribution in [3.63, 3.8) is 0 Å². The Hall–Kier alpha value is -0.580. The highest BCUT2D eigenvalue weighted by atomic mass is 32.1. The maximum absolute atomic E-state index is 13.3. The van der Waals surface area contributed by atoms with Crippen LogP contribution >= 0.6 is 12.6 Å². The summed E-state index contributed by atoms with van der Waals surface area (Å²) < 4.78 is 13.3. The van der Waals surface area contributed by atoms with E-state index >= 15 is 0 Å². The van der Waals surface area contributed by atoms with Gasteiger partial charge in [0, 0.05) is 11.3 Å². The van der Waals surface area contributed by atoms with E-state index in [1.807, 2.05) is 0 Å². The first-order valence-electron chi connectivity index (χ1n) is 4.29. The van der Waals surface area contributed by atoms with Crippen LogP contribution in [0.1, 0.15) is 17.2 Å². The van der Waals surface area contributed by atoms with Gasteiger partial charge in [0.05, 0.1) is 6.10 Å². The van der Waals surface area contributed by atoms with Gasteiger partial charge in [-0.15, -0.1) is 0 Å². The topological polar surface area (TPSA) is 40.5 Å². The minimum Gasteiger partial charge on any atom is -0.389 e. The fourth-order valence-electron chi connectivity index (χ4n) is 1.18. The smallest absolute Gasteiger partial charge is 0.129 e. The summed E-state index contributed by atoms with van der Waals surface area (Å²) in [6.07, 6.45) is -2.26. The second kappa shape index (κ2) is 4.77. The summed E-state index contributed by atoms with van der Waals surface area (Å²) in [4.78, 5) is 0. The standard InChI is InChI=1S/C10H13FO2S/c1-6-2-3-7(8(11)4-6)10(13)9(12)5-14/h2-4,9-10,12-14H,5H2,1H3. The predicted molar refractivity (Wildman–Crippen MR) is 56.0 cm³/mol. The summed E-state index contributed by atoms with van der Waals surface area (Å²) in [7, 11) is 0. The van der Waals surface area contributed by atoms with Crippen LogP contribution < -0.4 is 0 Å². The van der Waals surface area contributed by atoms with Crippen molar-refractivity contribution in [3.05, 3.63) is 35.1 Å². The second-order valence-electron chi connectivity index (χ2n) is 3.22. The van der Waals surface area contributed by atoms with Crippen LogP contribution in [0, 0.1) is 12.7 Å². The number of aryl methyl sites for hydroxylation is 1. The molecule has 0 heterocycles. The molecule has 0 aromatic heterocycles. The maximum atomic E-state index is 13.3. The van der Waals surface area contributed by atoms with Crippen molar-refractivity contribution < 1.29 is 14.6 Å². The number of thiol groups is 1. The van der Waals surface area contributed by atoms with Crippen LogP contribution in [-0.4, -0.2) is 22.1 Å².